The van der Waals surface area contributed by atoms with E-state index in [0.29, 0.717) is 11.8 Å². The van der Waals surface area contributed by atoms with E-state index in [0.717, 1.165) is 49.1 Å². The largest absolute Gasteiger partial charge is 0.346 e. The lowest BCUT2D eigenvalue weighted by Gasteiger charge is -2.38. The maximum absolute atomic E-state index is 12.3. The van der Waals surface area contributed by atoms with Gasteiger partial charge in [-0.25, -0.2) is 9.67 Å². The highest BCUT2D eigenvalue weighted by Crippen LogP contribution is 2.37. The number of aromatic nitrogens is 4. The molecule has 2 aliphatic carbocycles. The number of hydrogen-bond donors (Lipinski definition) is 0. The van der Waals surface area contributed by atoms with Crippen molar-refractivity contribution in [3.8, 4) is 0 Å². The Morgan fingerprint density at radius 3 is 2.80 bits per heavy atom. The third-order valence-corrected chi connectivity index (χ3v) is 6.63. The van der Waals surface area contributed by atoms with Gasteiger partial charge in [0.15, 0.2) is 0 Å². The second-order valence-corrected chi connectivity index (χ2v) is 8.41. The van der Waals surface area contributed by atoms with Crippen molar-refractivity contribution in [1.82, 2.24) is 19.1 Å². The van der Waals surface area contributed by atoms with Crippen LogP contribution < -0.4 is 10.5 Å². The van der Waals surface area contributed by atoms with Gasteiger partial charge in [0.05, 0.1) is 12.2 Å². The fourth-order valence-corrected chi connectivity index (χ4v) is 4.77. The van der Waals surface area contributed by atoms with Gasteiger partial charge in [0.2, 0.25) is 5.13 Å². The molecule has 3 heterocycles. The first-order valence-electron chi connectivity index (χ1n) is 9.45. The molecule has 1 saturated carbocycles. The van der Waals surface area contributed by atoms with Crippen LogP contribution in [0.4, 0.5) is 5.13 Å². The molecule has 2 aromatic rings. The second-order valence-electron chi connectivity index (χ2n) is 7.68. The summed E-state index contributed by atoms with van der Waals surface area (Å²) < 4.78 is 6.22. The molecule has 1 saturated heterocycles. The number of anilines is 1. The smallest absolute Gasteiger partial charge is 0.267 e. The van der Waals surface area contributed by atoms with E-state index in [1.54, 1.807) is 4.68 Å². The molecule has 6 nitrogen and oxygen atoms in total. The van der Waals surface area contributed by atoms with E-state index in [9.17, 15) is 4.79 Å². The maximum Gasteiger partial charge on any atom is 0.267 e. The van der Waals surface area contributed by atoms with Gasteiger partial charge in [0.1, 0.15) is 5.82 Å². The van der Waals surface area contributed by atoms with Crippen molar-refractivity contribution in [1.29, 1.82) is 0 Å². The number of rotatable bonds is 4. The van der Waals surface area contributed by atoms with Gasteiger partial charge in [-0.1, -0.05) is 6.42 Å². The average molecular weight is 357 g/mol. The Bertz CT molecular complexity index is 834. The summed E-state index contributed by atoms with van der Waals surface area (Å²) in [5.74, 6) is 2.12. The Morgan fingerprint density at radius 1 is 1.16 bits per heavy atom. The lowest BCUT2D eigenvalue weighted by atomic mass is 9.85. The molecule has 7 heteroatoms. The fraction of sp³-hybridized carbons (Fsp3) is 0.667. The molecule has 132 valence electrons. The summed E-state index contributed by atoms with van der Waals surface area (Å²) in [7, 11) is 0. The zero-order chi connectivity index (χ0) is 16.8. The molecule has 1 aliphatic heterocycles. The van der Waals surface area contributed by atoms with Crippen molar-refractivity contribution in [2.45, 2.75) is 57.4 Å². The highest BCUT2D eigenvalue weighted by atomic mass is 32.1. The summed E-state index contributed by atoms with van der Waals surface area (Å²) in [5, 5.41) is 5.68. The van der Waals surface area contributed by atoms with Crippen LogP contribution in [0.2, 0.25) is 0 Å². The van der Waals surface area contributed by atoms with Crippen molar-refractivity contribution in [2.75, 3.05) is 18.0 Å². The van der Waals surface area contributed by atoms with E-state index >= 15 is 0 Å². The fourth-order valence-electron chi connectivity index (χ4n) is 4.01. The van der Waals surface area contributed by atoms with Gasteiger partial charge in [0.25, 0.3) is 5.56 Å². The number of nitrogens with zero attached hydrogens (tertiary/aromatic N) is 5. The molecule has 0 amide bonds. The first-order valence-corrected chi connectivity index (χ1v) is 10.2. The number of hydrogen-bond acceptors (Lipinski definition) is 6. The molecule has 3 aliphatic rings. The van der Waals surface area contributed by atoms with Crippen LogP contribution in [0.1, 0.15) is 55.1 Å². The van der Waals surface area contributed by atoms with Crippen LogP contribution in [-0.2, 0) is 19.4 Å². The van der Waals surface area contributed by atoms with Gasteiger partial charge in [0, 0.05) is 42.5 Å². The van der Waals surface area contributed by atoms with Gasteiger partial charge >= 0.3 is 0 Å². The van der Waals surface area contributed by atoms with Crippen LogP contribution in [0.3, 0.4) is 0 Å². The van der Waals surface area contributed by atoms with E-state index < -0.39 is 0 Å². The Balaban J connectivity index is 1.22. The minimum absolute atomic E-state index is 0.0577. The molecular formula is C18H23N5OS. The van der Waals surface area contributed by atoms with Crippen LogP contribution in [0.15, 0.2) is 10.9 Å². The van der Waals surface area contributed by atoms with Crippen LogP contribution in [0, 0.1) is 5.92 Å². The van der Waals surface area contributed by atoms with Crippen molar-refractivity contribution >= 4 is 16.7 Å². The van der Waals surface area contributed by atoms with E-state index in [1.165, 1.54) is 49.2 Å². The average Bonchev–Trinajstić information content (AvgIpc) is 2.97. The van der Waals surface area contributed by atoms with Gasteiger partial charge < -0.3 is 4.90 Å². The van der Waals surface area contributed by atoms with Crippen LogP contribution in [-0.4, -0.2) is 32.2 Å². The normalized spacial score (nSPS) is 20.9. The van der Waals surface area contributed by atoms with Crippen molar-refractivity contribution in [3.05, 3.63) is 33.5 Å². The van der Waals surface area contributed by atoms with Crippen molar-refractivity contribution in [3.63, 3.8) is 0 Å². The molecule has 5 rings (SSSR count). The van der Waals surface area contributed by atoms with Gasteiger partial charge in [-0.05, 0) is 44.1 Å². The van der Waals surface area contributed by atoms with Crippen LogP contribution in [0.5, 0.6) is 0 Å². The minimum atomic E-state index is 0.0577. The molecule has 0 bridgehead atoms. The minimum Gasteiger partial charge on any atom is -0.346 e. The zero-order valence-electron chi connectivity index (χ0n) is 14.4. The Kier molecular flexibility index (Phi) is 3.84. The molecule has 2 fully saturated rings. The highest BCUT2D eigenvalue weighted by molar-refractivity contribution is 7.09. The van der Waals surface area contributed by atoms with E-state index in [4.69, 9.17) is 4.98 Å². The summed E-state index contributed by atoms with van der Waals surface area (Å²) in [6.07, 6.45) is 8.19. The molecule has 0 spiro atoms. The van der Waals surface area contributed by atoms with E-state index in [2.05, 4.69) is 14.4 Å². The van der Waals surface area contributed by atoms with Crippen molar-refractivity contribution in [2.24, 2.45) is 5.92 Å². The molecular weight excluding hydrogens is 334 g/mol. The summed E-state index contributed by atoms with van der Waals surface area (Å²) >= 11 is 1.52. The molecule has 0 N–H and O–H groups in total. The van der Waals surface area contributed by atoms with Gasteiger partial charge in [-0.15, -0.1) is 0 Å². The zero-order valence-corrected chi connectivity index (χ0v) is 15.2. The second kappa shape index (κ2) is 6.20. The third kappa shape index (κ3) is 2.88. The summed E-state index contributed by atoms with van der Waals surface area (Å²) in [6.45, 7) is 2.62. The Morgan fingerprint density at radius 2 is 2.00 bits per heavy atom. The topological polar surface area (TPSA) is 63.9 Å². The standard InChI is InChI=1S/C18H23N5OS/c24-16-8-14-4-1-2-7-15(14)20-23(16)11-12-9-22(10-12)18-19-17(21-25-18)13-5-3-6-13/h8,12-13H,1-7,9-11H2. The molecule has 0 radical (unpaired) electrons. The summed E-state index contributed by atoms with van der Waals surface area (Å²) in [6, 6.07) is 1.81. The molecule has 0 unspecified atom stereocenters. The SMILES string of the molecule is O=c1cc2c(nn1CC1CN(c3nc(C4CCC4)ns3)C1)CCCC2. The monoisotopic (exact) mass is 357 g/mol. The van der Waals surface area contributed by atoms with Gasteiger partial charge in [-0.2, -0.15) is 9.47 Å². The first-order chi connectivity index (χ1) is 12.3. The molecule has 25 heavy (non-hydrogen) atoms. The van der Waals surface area contributed by atoms with Crippen LogP contribution in [0.25, 0.3) is 0 Å². The van der Waals surface area contributed by atoms with Crippen LogP contribution >= 0.6 is 11.5 Å². The maximum atomic E-state index is 12.3. The highest BCUT2D eigenvalue weighted by Gasteiger charge is 2.32. The lowest BCUT2D eigenvalue weighted by molar-refractivity contribution is 0.331. The number of fused-ring (bicyclic) bond motifs is 1. The Labute approximate surface area is 151 Å². The summed E-state index contributed by atoms with van der Waals surface area (Å²) in [4.78, 5) is 19.3. The first kappa shape index (κ1) is 15.5. The lowest BCUT2D eigenvalue weighted by Crippen LogP contribution is -2.49. The van der Waals surface area contributed by atoms with E-state index in [1.807, 2.05) is 6.07 Å². The molecule has 0 atom stereocenters. The predicted molar refractivity (Wildman–Crippen MR) is 97.3 cm³/mol. The van der Waals surface area contributed by atoms with Crippen molar-refractivity contribution < 1.29 is 0 Å². The molecule has 2 aromatic heterocycles. The predicted octanol–water partition coefficient (Wildman–Crippen LogP) is 2.38. The van der Waals surface area contributed by atoms with E-state index in [-0.39, 0.29) is 5.56 Å². The summed E-state index contributed by atoms with van der Waals surface area (Å²) in [5.41, 5.74) is 2.36. The molecule has 0 aromatic carbocycles. The number of aryl methyl sites for hydroxylation is 2. The van der Waals surface area contributed by atoms with Gasteiger partial charge in [-0.3, -0.25) is 4.79 Å². The Hall–Kier alpha value is -1.76. The third-order valence-electron chi connectivity index (χ3n) is 5.83. The quantitative estimate of drug-likeness (QED) is 0.841.